The van der Waals surface area contributed by atoms with Crippen LogP contribution in [0, 0.1) is 12.7 Å². The quantitative estimate of drug-likeness (QED) is 0.821. The first kappa shape index (κ1) is 19.1. The summed E-state index contributed by atoms with van der Waals surface area (Å²) in [5.41, 5.74) is 0.142. The molecule has 2 heterocycles. The van der Waals surface area contributed by atoms with Crippen molar-refractivity contribution in [2.24, 2.45) is 0 Å². The Balaban J connectivity index is 1.66. The smallest absolute Gasteiger partial charge is 0.433 e. The number of ether oxygens (including phenoxy) is 2. The minimum absolute atomic E-state index is 0.0223. The fourth-order valence-corrected chi connectivity index (χ4v) is 2.81. The summed E-state index contributed by atoms with van der Waals surface area (Å²) >= 11 is 0. The van der Waals surface area contributed by atoms with Crippen LogP contribution in [0.4, 0.5) is 17.6 Å². The van der Waals surface area contributed by atoms with Gasteiger partial charge in [-0.1, -0.05) is 0 Å². The second kappa shape index (κ2) is 7.51. The van der Waals surface area contributed by atoms with Gasteiger partial charge in [-0.3, -0.25) is 4.79 Å². The summed E-state index contributed by atoms with van der Waals surface area (Å²) in [6.07, 6.45) is -4.28. The molecule has 0 radical (unpaired) electrons. The Morgan fingerprint density at radius 1 is 1.30 bits per heavy atom. The molecule has 1 aliphatic heterocycles. The highest BCUT2D eigenvalue weighted by atomic mass is 19.4. The number of nitrogens with one attached hydrogen (secondary N) is 1. The molecule has 1 aromatic carbocycles. The highest BCUT2D eigenvalue weighted by Gasteiger charge is 2.33. The summed E-state index contributed by atoms with van der Waals surface area (Å²) in [6.45, 7) is 1.79. The van der Waals surface area contributed by atoms with E-state index in [1.807, 2.05) is 0 Å². The number of hydrogen-bond donors (Lipinski definition) is 1. The van der Waals surface area contributed by atoms with E-state index in [1.165, 1.54) is 19.1 Å². The Bertz CT molecular complexity index is 868. The van der Waals surface area contributed by atoms with Crippen LogP contribution < -0.4 is 10.1 Å². The zero-order chi connectivity index (χ0) is 19.6. The third-order valence-corrected chi connectivity index (χ3v) is 4.05. The van der Waals surface area contributed by atoms with Crippen LogP contribution in [0.25, 0.3) is 0 Å². The zero-order valence-electron chi connectivity index (χ0n) is 14.3. The molecule has 2 aromatic rings. The van der Waals surface area contributed by atoms with Crippen LogP contribution in [0.3, 0.4) is 0 Å². The highest BCUT2D eigenvalue weighted by molar-refractivity contribution is 5.95. The second-order valence-corrected chi connectivity index (χ2v) is 6.00. The van der Waals surface area contributed by atoms with E-state index in [4.69, 9.17) is 9.47 Å². The molecule has 1 N–H and O–H groups in total. The third kappa shape index (κ3) is 4.36. The van der Waals surface area contributed by atoms with Crippen molar-refractivity contribution in [1.82, 2.24) is 10.3 Å². The van der Waals surface area contributed by atoms with Crippen molar-refractivity contribution in [3.63, 3.8) is 0 Å². The maximum absolute atomic E-state index is 13.7. The van der Waals surface area contributed by atoms with Crippen molar-refractivity contribution in [3.05, 3.63) is 58.2 Å². The Hall–Kier alpha value is -2.68. The van der Waals surface area contributed by atoms with Crippen LogP contribution in [-0.2, 0) is 23.9 Å². The Kier molecular flexibility index (Phi) is 5.31. The Labute approximate surface area is 152 Å². The third-order valence-electron chi connectivity index (χ3n) is 4.05. The largest absolute Gasteiger partial charge is 0.467 e. The van der Waals surface area contributed by atoms with Gasteiger partial charge in [-0.25, -0.2) is 9.37 Å². The van der Waals surface area contributed by atoms with Gasteiger partial charge in [0.15, 0.2) is 6.79 Å². The number of halogens is 4. The van der Waals surface area contributed by atoms with Gasteiger partial charge in [-0.15, -0.1) is 0 Å². The molecule has 0 bridgehead atoms. The first-order valence-corrected chi connectivity index (χ1v) is 8.10. The maximum atomic E-state index is 13.7. The molecule has 0 atom stereocenters. The molecule has 0 fully saturated rings. The molecular weight excluding hydrogens is 368 g/mol. The van der Waals surface area contributed by atoms with E-state index >= 15 is 0 Å². The molecule has 1 amide bonds. The van der Waals surface area contributed by atoms with Crippen LogP contribution in [0.1, 0.15) is 32.9 Å². The SMILES string of the molecule is Cc1nc(C(F)(F)F)ccc1C(=O)NCCc1cc(F)cc2c1OCOC2. The van der Waals surface area contributed by atoms with Gasteiger partial charge in [0.05, 0.1) is 17.9 Å². The lowest BCUT2D eigenvalue weighted by atomic mass is 10.1. The lowest BCUT2D eigenvalue weighted by Crippen LogP contribution is -2.27. The standard InChI is InChI=1S/C18H16F4N2O3/c1-10-14(2-3-15(24-10)18(20,21)22)17(25)23-5-4-11-6-13(19)7-12-8-26-9-27-16(11)12/h2-3,6-7H,4-5,8-9H2,1H3,(H,23,25). The van der Waals surface area contributed by atoms with Gasteiger partial charge in [0, 0.05) is 12.1 Å². The molecule has 0 aliphatic carbocycles. The maximum Gasteiger partial charge on any atom is 0.433 e. The van der Waals surface area contributed by atoms with Crippen LogP contribution in [0.15, 0.2) is 24.3 Å². The normalized spacial score (nSPS) is 13.7. The fraction of sp³-hybridized carbons (Fsp3) is 0.333. The van der Waals surface area contributed by atoms with Crippen molar-refractivity contribution >= 4 is 5.91 Å². The van der Waals surface area contributed by atoms with Crippen molar-refractivity contribution < 1.29 is 31.8 Å². The highest BCUT2D eigenvalue weighted by Crippen LogP contribution is 2.30. The van der Waals surface area contributed by atoms with Gasteiger partial charge < -0.3 is 14.8 Å². The molecule has 3 rings (SSSR count). The minimum atomic E-state index is -4.57. The van der Waals surface area contributed by atoms with E-state index in [1.54, 1.807) is 0 Å². The first-order chi connectivity index (χ1) is 12.8. The number of carbonyl (C=O) groups excluding carboxylic acids is 1. The number of aromatic nitrogens is 1. The van der Waals surface area contributed by atoms with Crippen LogP contribution in [0.2, 0.25) is 0 Å². The predicted molar refractivity (Wildman–Crippen MR) is 86.7 cm³/mol. The monoisotopic (exact) mass is 384 g/mol. The minimum Gasteiger partial charge on any atom is -0.467 e. The molecule has 9 heteroatoms. The molecule has 27 heavy (non-hydrogen) atoms. The van der Waals surface area contributed by atoms with E-state index in [-0.39, 0.29) is 31.2 Å². The van der Waals surface area contributed by atoms with Crippen molar-refractivity contribution in [2.75, 3.05) is 13.3 Å². The zero-order valence-corrected chi connectivity index (χ0v) is 14.3. The molecule has 1 aromatic heterocycles. The number of amides is 1. The van der Waals surface area contributed by atoms with Gasteiger partial charge in [0.25, 0.3) is 5.91 Å². The molecule has 0 spiro atoms. The van der Waals surface area contributed by atoms with E-state index in [0.717, 1.165) is 12.1 Å². The lowest BCUT2D eigenvalue weighted by Gasteiger charge is -2.21. The van der Waals surface area contributed by atoms with Crippen molar-refractivity contribution in [3.8, 4) is 5.75 Å². The summed E-state index contributed by atoms with van der Waals surface area (Å²) in [7, 11) is 0. The van der Waals surface area contributed by atoms with E-state index < -0.39 is 23.6 Å². The number of hydrogen-bond acceptors (Lipinski definition) is 4. The molecule has 144 valence electrons. The molecule has 0 saturated carbocycles. The second-order valence-electron chi connectivity index (χ2n) is 6.00. The van der Waals surface area contributed by atoms with Gasteiger partial charge >= 0.3 is 6.18 Å². The predicted octanol–water partition coefficient (Wildman–Crippen LogP) is 3.39. The van der Waals surface area contributed by atoms with Crippen LogP contribution >= 0.6 is 0 Å². The summed E-state index contributed by atoms with van der Waals surface area (Å²) in [5.74, 6) is -0.459. The van der Waals surface area contributed by atoms with Crippen molar-refractivity contribution in [2.45, 2.75) is 26.1 Å². The van der Waals surface area contributed by atoms with E-state index in [2.05, 4.69) is 10.3 Å². The summed E-state index contributed by atoms with van der Waals surface area (Å²) in [5, 5.41) is 2.60. The fourth-order valence-electron chi connectivity index (χ4n) is 2.81. The summed E-state index contributed by atoms with van der Waals surface area (Å²) < 4.78 is 62.1. The van der Waals surface area contributed by atoms with Gasteiger partial charge in [-0.2, -0.15) is 13.2 Å². The molecule has 0 unspecified atom stereocenters. The number of rotatable bonds is 4. The van der Waals surface area contributed by atoms with Crippen LogP contribution in [0.5, 0.6) is 5.75 Å². The number of aryl methyl sites for hydroxylation is 1. The number of carbonyl (C=O) groups is 1. The summed E-state index contributed by atoms with van der Waals surface area (Å²) in [4.78, 5) is 15.6. The number of nitrogens with zero attached hydrogens (tertiary/aromatic N) is 1. The van der Waals surface area contributed by atoms with E-state index in [9.17, 15) is 22.4 Å². The van der Waals surface area contributed by atoms with Gasteiger partial charge in [-0.05, 0) is 43.2 Å². The Morgan fingerprint density at radius 3 is 2.78 bits per heavy atom. The molecule has 1 aliphatic rings. The number of benzene rings is 1. The molecule has 0 saturated heterocycles. The van der Waals surface area contributed by atoms with Gasteiger partial charge in [0.1, 0.15) is 17.3 Å². The first-order valence-electron chi connectivity index (χ1n) is 8.10. The molecular formula is C18H16F4N2O3. The van der Waals surface area contributed by atoms with Crippen LogP contribution in [-0.4, -0.2) is 24.2 Å². The lowest BCUT2D eigenvalue weighted by molar-refractivity contribution is -0.141. The average molecular weight is 384 g/mol. The average Bonchev–Trinajstić information content (AvgIpc) is 2.60. The van der Waals surface area contributed by atoms with E-state index in [0.29, 0.717) is 23.3 Å². The number of fused-ring (bicyclic) bond motifs is 1. The van der Waals surface area contributed by atoms with Crippen molar-refractivity contribution in [1.29, 1.82) is 0 Å². The topological polar surface area (TPSA) is 60.5 Å². The summed E-state index contributed by atoms with van der Waals surface area (Å²) in [6, 6.07) is 4.50. The number of pyridine rings is 1. The van der Waals surface area contributed by atoms with Gasteiger partial charge in [0.2, 0.25) is 0 Å². The molecule has 5 nitrogen and oxygen atoms in total. The Morgan fingerprint density at radius 2 is 2.07 bits per heavy atom. The number of alkyl halides is 3.